The number of likely N-dealkylation sites (tertiary alicyclic amines) is 1. The zero-order valence-electron chi connectivity index (χ0n) is 12.2. The highest BCUT2D eigenvalue weighted by Crippen LogP contribution is 2.55. The van der Waals surface area contributed by atoms with E-state index in [1.54, 1.807) is 0 Å². The molecule has 1 saturated heterocycles. The van der Waals surface area contributed by atoms with Gasteiger partial charge < -0.3 is 5.73 Å². The summed E-state index contributed by atoms with van der Waals surface area (Å²) in [7, 11) is 0. The molecule has 0 amide bonds. The summed E-state index contributed by atoms with van der Waals surface area (Å²) in [5.41, 5.74) is 8.08. The van der Waals surface area contributed by atoms with Gasteiger partial charge in [0.25, 0.3) is 0 Å². The molecular formula is C17H26N2. The van der Waals surface area contributed by atoms with Crippen molar-refractivity contribution in [3.63, 3.8) is 0 Å². The van der Waals surface area contributed by atoms with Crippen molar-refractivity contribution in [2.45, 2.75) is 51.7 Å². The lowest BCUT2D eigenvalue weighted by molar-refractivity contribution is 0.112. The molecule has 3 atom stereocenters. The molecule has 104 valence electrons. The molecule has 2 fully saturated rings. The topological polar surface area (TPSA) is 29.3 Å². The maximum Gasteiger partial charge on any atom is 0.0236 e. The number of nitrogens with zero attached hydrogens (tertiary/aromatic N) is 1. The Hall–Kier alpha value is -0.860. The minimum atomic E-state index is 0.344. The highest BCUT2D eigenvalue weighted by atomic mass is 15.2. The second-order valence-electron chi connectivity index (χ2n) is 6.89. The summed E-state index contributed by atoms with van der Waals surface area (Å²) in [6.07, 6.45) is 4.04. The van der Waals surface area contributed by atoms with Crippen molar-refractivity contribution >= 4 is 0 Å². The van der Waals surface area contributed by atoms with E-state index in [2.05, 4.69) is 49.1 Å². The molecule has 2 nitrogen and oxygen atoms in total. The molecule has 1 heterocycles. The zero-order chi connectivity index (χ0) is 13.5. The third-order valence-electron chi connectivity index (χ3n) is 5.30. The SMILES string of the molecule is CC1(C)C(N)C1C1CCCCN1Cc1ccccc1. The fraction of sp³-hybridized carbons (Fsp3) is 0.647. The largest absolute Gasteiger partial charge is 0.327 e. The van der Waals surface area contributed by atoms with Gasteiger partial charge in [0.2, 0.25) is 0 Å². The second kappa shape index (κ2) is 4.92. The van der Waals surface area contributed by atoms with Crippen molar-refractivity contribution in [2.24, 2.45) is 17.1 Å². The molecule has 0 aromatic heterocycles. The minimum absolute atomic E-state index is 0.344. The monoisotopic (exact) mass is 258 g/mol. The average molecular weight is 258 g/mol. The standard InChI is InChI=1S/C17H26N2/c1-17(2)15(16(17)18)14-10-6-7-11-19(14)12-13-8-4-3-5-9-13/h3-5,8-9,14-16H,6-7,10-12,18H2,1-2H3. The normalized spacial score (nSPS) is 34.2. The van der Waals surface area contributed by atoms with Gasteiger partial charge in [-0.3, -0.25) is 4.90 Å². The van der Waals surface area contributed by atoms with Crippen LogP contribution in [-0.2, 0) is 6.54 Å². The second-order valence-corrected chi connectivity index (χ2v) is 6.89. The summed E-state index contributed by atoms with van der Waals surface area (Å²) < 4.78 is 0. The van der Waals surface area contributed by atoms with E-state index in [4.69, 9.17) is 5.73 Å². The van der Waals surface area contributed by atoms with Crippen molar-refractivity contribution in [3.05, 3.63) is 35.9 Å². The van der Waals surface area contributed by atoms with Crippen LogP contribution in [0.15, 0.2) is 30.3 Å². The Morgan fingerprint density at radius 3 is 2.53 bits per heavy atom. The summed E-state index contributed by atoms with van der Waals surface area (Å²) in [5, 5.41) is 0. The van der Waals surface area contributed by atoms with E-state index in [9.17, 15) is 0 Å². The molecule has 0 radical (unpaired) electrons. The van der Waals surface area contributed by atoms with E-state index in [-0.39, 0.29) is 0 Å². The molecule has 0 spiro atoms. The van der Waals surface area contributed by atoms with Crippen LogP contribution in [0.3, 0.4) is 0 Å². The minimum Gasteiger partial charge on any atom is -0.327 e. The highest BCUT2D eigenvalue weighted by molar-refractivity contribution is 5.17. The van der Waals surface area contributed by atoms with E-state index in [1.165, 1.54) is 31.4 Å². The van der Waals surface area contributed by atoms with Crippen molar-refractivity contribution < 1.29 is 0 Å². The van der Waals surface area contributed by atoms with Crippen molar-refractivity contribution in [1.29, 1.82) is 0 Å². The Morgan fingerprint density at radius 1 is 1.21 bits per heavy atom. The first-order valence-corrected chi connectivity index (χ1v) is 7.64. The number of rotatable bonds is 3. The third-order valence-corrected chi connectivity index (χ3v) is 5.30. The Balaban J connectivity index is 1.72. The molecule has 1 aromatic rings. The Morgan fingerprint density at radius 2 is 1.89 bits per heavy atom. The van der Waals surface area contributed by atoms with E-state index < -0.39 is 0 Å². The fourth-order valence-corrected chi connectivity index (χ4v) is 3.89. The van der Waals surface area contributed by atoms with Gasteiger partial charge in [0.05, 0.1) is 0 Å². The molecule has 1 saturated carbocycles. The van der Waals surface area contributed by atoms with Gasteiger partial charge in [-0.25, -0.2) is 0 Å². The van der Waals surface area contributed by atoms with Crippen molar-refractivity contribution in [2.75, 3.05) is 6.54 Å². The number of hydrogen-bond acceptors (Lipinski definition) is 2. The molecular weight excluding hydrogens is 232 g/mol. The molecule has 0 bridgehead atoms. The van der Waals surface area contributed by atoms with Gasteiger partial charge in [-0.15, -0.1) is 0 Å². The van der Waals surface area contributed by atoms with Crippen LogP contribution in [0, 0.1) is 11.3 Å². The predicted octanol–water partition coefficient (Wildman–Crippen LogP) is 3.02. The molecule has 2 heteroatoms. The first-order valence-electron chi connectivity index (χ1n) is 7.64. The number of benzene rings is 1. The lowest BCUT2D eigenvalue weighted by Crippen LogP contribution is -2.42. The average Bonchev–Trinajstić information content (AvgIpc) is 2.90. The third kappa shape index (κ3) is 2.44. The molecule has 2 aliphatic rings. The van der Waals surface area contributed by atoms with Gasteiger partial charge in [0, 0.05) is 18.6 Å². The van der Waals surface area contributed by atoms with Crippen LogP contribution < -0.4 is 5.73 Å². The summed E-state index contributed by atoms with van der Waals surface area (Å²) in [4.78, 5) is 2.68. The maximum absolute atomic E-state index is 6.30. The van der Waals surface area contributed by atoms with Crippen molar-refractivity contribution in [3.8, 4) is 0 Å². The lowest BCUT2D eigenvalue weighted by Gasteiger charge is -2.37. The van der Waals surface area contributed by atoms with E-state index >= 15 is 0 Å². The predicted molar refractivity (Wildman–Crippen MR) is 79.7 cm³/mol. The summed E-state index contributed by atoms with van der Waals surface area (Å²) >= 11 is 0. The van der Waals surface area contributed by atoms with Crippen LogP contribution >= 0.6 is 0 Å². The molecule has 1 aliphatic heterocycles. The van der Waals surface area contributed by atoms with Crippen LogP contribution in [0.4, 0.5) is 0 Å². The van der Waals surface area contributed by atoms with Crippen LogP contribution in [0.1, 0.15) is 38.7 Å². The van der Waals surface area contributed by atoms with E-state index in [0.717, 1.165) is 6.54 Å². The molecule has 2 N–H and O–H groups in total. The number of piperidine rings is 1. The first-order chi connectivity index (χ1) is 9.10. The first kappa shape index (κ1) is 13.1. The molecule has 1 aromatic carbocycles. The summed E-state index contributed by atoms with van der Waals surface area (Å²) in [5.74, 6) is 0.691. The lowest BCUT2D eigenvalue weighted by atomic mass is 9.93. The molecule has 3 rings (SSSR count). The molecule has 1 aliphatic carbocycles. The molecule has 19 heavy (non-hydrogen) atoms. The van der Waals surface area contributed by atoms with Crippen LogP contribution in [0.2, 0.25) is 0 Å². The quantitative estimate of drug-likeness (QED) is 0.903. The number of nitrogens with two attached hydrogens (primary N) is 1. The van der Waals surface area contributed by atoms with Gasteiger partial charge in [0.15, 0.2) is 0 Å². The number of hydrogen-bond donors (Lipinski definition) is 1. The Labute approximate surface area is 117 Å². The van der Waals surface area contributed by atoms with Crippen LogP contribution in [-0.4, -0.2) is 23.5 Å². The maximum atomic E-state index is 6.30. The van der Waals surface area contributed by atoms with Gasteiger partial charge in [-0.2, -0.15) is 0 Å². The Bertz CT molecular complexity index is 426. The van der Waals surface area contributed by atoms with Crippen LogP contribution in [0.5, 0.6) is 0 Å². The smallest absolute Gasteiger partial charge is 0.0236 e. The van der Waals surface area contributed by atoms with Gasteiger partial charge in [0.1, 0.15) is 0 Å². The summed E-state index contributed by atoms with van der Waals surface area (Å²) in [6.45, 7) is 6.99. The molecule has 3 unspecified atom stereocenters. The van der Waals surface area contributed by atoms with E-state index in [0.29, 0.717) is 23.4 Å². The highest BCUT2D eigenvalue weighted by Gasteiger charge is 2.59. The van der Waals surface area contributed by atoms with E-state index in [1.807, 2.05) is 0 Å². The Kier molecular flexibility index (Phi) is 3.40. The zero-order valence-corrected chi connectivity index (χ0v) is 12.2. The van der Waals surface area contributed by atoms with Gasteiger partial charge in [-0.1, -0.05) is 50.6 Å². The fourth-order valence-electron chi connectivity index (χ4n) is 3.89. The van der Waals surface area contributed by atoms with Gasteiger partial charge >= 0.3 is 0 Å². The summed E-state index contributed by atoms with van der Waals surface area (Å²) in [6, 6.07) is 11.9. The van der Waals surface area contributed by atoms with Crippen LogP contribution in [0.25, 0.3) is 0 Å². The van der Waals surface area contributed by atoms with Crippen molar-refractivity contribution in [1.82, 2.24) is 4.90 Å². The van der Waals surface area contributed by atoms with Gasteiger partial charge in [-0.05, 0) is 36.3 Å².